The summed E-state index contributed by atoms with van der Waals surface area (Å²) in [7, 11) is 0. The van der Waals surface area contributed by atoms with Gasteiger partial charge in [0, 0.05) is 4.47 Å². The Balaban J connectivity index is 1.43. The molecule has 0 saturated carbocycles. The number of benzene rings is 2. The van der Waals surface area contributed by atoms with Gasteiger partial charge in [-0.15, -0.1) is 15.3 Å². The second-order valence-corrected chi connectivity index (χ2v) is 5.87. The van der Waals surface area contributed by atoms with Gasteiger partial charge in [-0.2, -0.15) is 0 Å². The highest BCUT2D eigenvalue weighted by Crippen LogP contribution is 2.27. The number of hydrogen-bond acceptors (Lipinski definition) is 7. The van der Waals surface area contributed by atoms with Crippen LogP contribution in [0.1, 0.15) is 5.89 Å². The van der Waals surface area contributed by atoms with Crippen molar-refractivity contribution in [1.29, 1.82) is 0 Å². The van der Waals surface area contributed by atoms with E-state index in [1.807, 2.05) is 48.5 Å². The zero-order valence-corrected chi connectivity index (χ0v) is 14.4. The lowest BCUT2D eigenvalue weighted by Crippen LogP contribution is -1.97. The van der Waals surface area contributed by atoms with Crippen molar-refractivity contribution in [3.8, 4) is 22.9 Å². The largest absolute Gasteiger partial charge is 0.484 e. The lowest BCUT2D eigenvalue weighted by atomic mass is 10.2. The van der Waals surface area contributed by atoms with Crippen LogP contribution in [0.4, 0.5) is 0 Å². The number of ether oxygens (including phenoxy) is 1. The molecule has 0 atom stereocenters. The van der Waals surface area contributed by atoms with Crippen LogP contribution in [0, 0.1) is 0 Å². The molecule has 124 valence electrons. The van der Waals surface area contributed by atoms with E-state index in [0.29, 0.717) is 17.5 Å². The molecule has 2 aromatic heterocycles. The molecule has 0 aliphatic heterocycles. The molecule has 8 nitrogen and oxygen atoms in total. The van der Waals surface area contributed by atoms with Gasteiger partial charge in [0.2, 0.25) is 5.89 Å². The molecule has 0 aliphatic carbocycles. The van der Waals surface area contributed by atoms with E-state index in [1.165, 1.54) is 6.33 Å². The summed E-state index contributed by atoms with van der Waals surface area (Å²) in [5, 5.41) is 19.1. The van der Waals surface area contributed by atoms with Crippen molar-refractivity contribution in [2.24, 2.45) is 0 Å². The van der Waals surface area contributed by atoms with E-state index in [9.17, 15) is 0 Å². The molecule has 0 bridgehead atoms. The zero-order valence-electron chi connectivity index (χ0n) is 12.8. The fraction of sp³-hybridized carbons (Fsp3) is 0.0625. The first-order valence-corrected chi connectivity index (χ1v) is 8.12. The minimum Gasteiger partial charge on any atom is -0.484 e. The molecule has 0 spiro atoms. The molecule has 0 saturated heterocycles. The van der Waals surface area contributed by atoms with Crippen LogP contribution in [0.2, 0.25) is 0 Å². The van der Waals surface area contributed by atoms with E-state index in [1.54, 1.807) is 4.68 Å². The third-order valence-electron chi connectivity index (χ3n) is 3.38. The first-order valence-electron chi connectivity index (χ1n) is 7.33. The molecule has 4 aromatic rings. The smallest absolute Gasteiger partial charge is 0.254 e. The van der Waals surface area contributed by atoms with E-state index < -0.39 is 0 Å². The van der Waals surface area contributed by atoms with Crippen LogP contribution in [0.25, 0.3) is 17.1 Å². The van der Waals surface area contributed by atoms with E-state index in [4.69, 9.17) is 9.15 Å². The number of rotatable bonds is 5. The van der Waals surface area contributed by atoms with Crippen molar-refractivity contribution < 1.29 is 9.15 Å². The summed E-state index contributed by atoms with van der Waals surface area (Å²) in [4.78, 5) is 0. The van der Waals surface area contributed by atoms with Crippen molar-refractivity contribution in [3.05, 3.63) is 65.2 Å². The minimum absolute atomic E-state index is 0.182. The Hall–Kier alpha value is -3.07. The van der Waals surface area contributed by atoms with Gasteiger partial charge in [0.1, 0.15) is 12.1 Å². The van der Waals surface area contributed by atoms with Crippen LogP contribution in [0.5, 0.6) is 5.75 Å². The van der Waals surface area contributed by atoms with Crippen LogP contribution < -0.4 is 4.74 Å². The van der Waals surface area contributed by atoms with Gasteiger partial charge in [0.05, 0.1) is 11.3 Å². The Morgan fingerprint density at radius 2 is 1.88 bits per heavy atom. The predicted octanol–water partition coefficient (Wildman–Crippen LogP) is 3.05. The van der Waals surface area contributed by atoms with Crippen molar-refractivity contribution in [3.63, 3.8) is 0 Å². The van der Waals surface area contributed by atoms with Crippen LogP contribution in [-0.4, -0.2) is 30.4 Å². The van der Waals surface area contributed by atoms with Gasteiger partial charge in [-0.05, 0) is 62.8 Å². The number of tetrazole rings is 1. The second kappa shape index (κ2) is 6.81. The van der Waals surface area contributed by atoms with Crippen LogP contribution in [0.15, 0.2) is 63.7 Å². The summed E-state index contributed by atoms with van der Waals surface area (Å²) < 4.78 is 13.8. The average molecular weight is 399 g/mol. The van der Waals surface area contributed by atoms with Gasteiger partial charge >= 0.3 is 0 Å². The molecule has 0 unspecified atom stereocenters. The van der Waals surface area contributed by atoms with Crippen LogP contribution >= 0.6 is 15.9 Å². The monoisotopic (exact) mass is 398 g/mol. The molecule has 2 aromatic carbocycles. The fourth-order valence-corrected chi connectivity index (χ4v) is 2.63. The SMILES string of the molecule is Brc1ccccc1-c1nnc(COc2ccc(-n3cnnn3)cc2)o1. The third-order valence-corrected chi connectivity index (χ3v) is 4.08. The van der Waals surface area contributed by atoms with Gasteiger partial charge in [-0.3, -0.25) is 0 Å². The molecule has 25 heavy (non-hydrogen) atoms. The van der Waals surface area contributed by atoms with Crippen molar-refractivity contribution in [2.75, 3.05) is 0 Å². The molecular formula is C16H11BrN6O2. The maximum atomic E-state index is 5.67. The lowest BCUT2D eigenvalue weighted by Gasteiger charge is -2.04. The topological polar surface area (TPSA) is 91.8 Å². The molecular weight excluding hydrogens is 388 g/mol. The Labute approximate surface area is 150 Å². The molecule has 0 aliphatic rings. The van der Waals surface area contributed by atoms with Crippen molar-refractivity contribution in [2.45, 2.75) is 6.61 Å². The van der Waals surface area contributed by atoms with E-state index in [2.05, 4.69) is 41.7 Å². The van der Waals surface area contributed by atoms with Crippen LogP contribution in [-0.2, 0) is 6.61 Å². The van der Waals surface area contributed by atoms with Gasteiger partial charge in [-0.1, -0.05) is 12.1 Å². The number of halogens is 1. The van der Waals surface area contributed by atoms with Crippen LogP contribution in [0.3, 0.4) is 0 Å². The molecule has 4 rings (SSSR count). The Morgan fingerprint density at radius 3 is 2.64 bits per heavy atom. The lowest BCUT2D eigenvalue weighted by molar-refractivity contribution is 0.264. The maximum absolute atomic E-state index is 5.67. The standard InChI is InChI=1S/C16H11BrN6O2/c17-14-4-2-1-3-13(14)16-20-19-15(25-16)9-24-12-7-5-11(6-8-12)23-10-18-21-22-23/h1-8,10H,9H2. The normalized spacial score (nSPS) is 10.8. The molecule has 0 amide bonds. The summed E-state index contributed by atoms with van der Waals surface area (Å²) in [5.74, 6) is 1.52. The Morgan fingerprint density at radius 1 is 1.04 bits per heavy atom. The van der Waals surface area contributed by atoms with Crippen molar-refractivity contribution in [1.82, 2.24) is 30.4 Å². The van der Waals surface area contributed by atoms with Gasteiger partial charge in [-0.25, -0.2) is 4.68 Å². The fourth-order valence-electron chi connectivity index (χ4n) is 2.18. The van der Waals surface area contributed by atoms with Gasteiger partial charge in [0.15, 0.2) is 6.61 Å². The summed E-state index contributed by atoms with van der Waals surface area (Å²) in [6.07, 6.45) is 1.53. The van der Waals surface area contributed by atoms with Gasteiger partial charge < -0.3 is 9.15 Å². The maximum Gasteiger partial charge on any atom is 0.254 e. The quantitative estimate of drug-likeness (QED) is 0.509. The highest BCUT2D eigenvalue weighted by Gasteiger charge is 2.11. The van der Waals surface area contributed by atoms with E-state index >= 15 is 0 Å². The number of hydrogen-bond donors (Lipinski definition) is 0. The minimum atomic E-state index is 0.182. The summed E-state index contributed by atoms with van der Waals surface area (Å²) in [6.45, 7) is 0.182. The Kier molecular flexibility index (Phi) is 4.21. The molecule has 2 heterocycles. The molecule has 9 heteroatoms. The second-order valence-electron chi connectivity index (χ2n) is 5.02. The van der Waals surface area contributed by atoms with Crippen molar-refractivity contribution >= 4 is 15.9 Å². The summed E-state index contributed by atoms with van der Waals surface area (Å²) in [5.41, 5.74) is 1.68. The van der Waals surface area contributed by atoms with Gasteiger partial charge in [0.25, 0.3) is 5.89 Å². The highest BCUT2D eigenvalue weighted by molar-refractivity contribution is 9.10. The predicted molar refractivity (Wildman–Crippen MR) is 90.9 cm³/mol. The summed E-state index contributed by atoms with van der Waals surface area (Å²) >= 11 is 3.47. The molecule has 0 N–H and O–H groups in total. The molecule has 0 radical (unpaired) electrons. The zero-order chi connectivity index (χ0) is 17.1. The van der Waals surface area contributed by atoms with E-state index in [-0.39, 0.29) is 6.61 Å². The average Bonchev–Trinajstić information content (AvgIpc) is 3.33. The Bertz CT molecular complexity index is 968. The highest BCUT2D eigenvalue weighted by atomic mass is 79.9. The molecule has 0 fully saturated rings. The summed E-state index contributed by atoms with van der Waals surface area (Å²) in [6, 6.07) is 15.0. The number of nitrogens with zero attached hydrogens (tertiary/aromatic N) is 6. The number of aromatic nitrogens is 6. The first-order chi connectivity index (χ1) is 12.3. The van der Waals surface area contributed by atoms with E-state index in [0.717, 1.165) is 15.7 Å². The third kappa shape index (κ3) is 3.41. The first kappa shape index (κ1) is 15.5.